The van der Waals surface area contributed by atoms with E-state index in [-0.39, 0.29) is 11.0 Å². The zero-order valence-corrected chi connectivity index (χ0v) is 16.7. The van der Waals surface area contributed by atoms with E-state index in [1.807, 2.05) is 6.92 Å². The maximum absolute atomic E-state index is 13.1. The van der Waals surface area contributed by atoms with Gasteiger partial charge in [0, 0.05) is 4.47 Å². The van der Waals surface area contributed by atoms with Gasteiger partial charge in [0.05, 0.1) is 16.7 Å². The van der Waals surface area contributed by atoms with E-state index in [0.717, 1.165) is 9.87 Å². The van der Waals surface area contributed by atoms with Gasteiger partial charge >= 0.3 is 5.97 Å². The van der Waals surface area contributed by atoms with E-state index in [0.29, 0.717) is 10.2 Å². The fourth-order valence-electron chi connectivity index (χ4n) is 2.20. The Kier molecular flexibility index (Phi) is 6.24. The van der Waals surface area contributed by atoms with Crippen LogP contribution in [0.1, 0.15) is 19.4 Å². The average Bonchev–Trinajstić information content (AvgIpc) is 2.52. The highest BCUT2D eigenvalue weighted by atomic mass is 79.9. The van der Waals surface area contributed by atoms with Crippen LogP contribution in [0.3, 0.4) is 0 Å². The second-order valence-electron chi connectivity index (χ2n) is 5.84. The normalized spacial score (nSPS) is 11.4. The number of anilines is 1. The molecule has 0 bridgehead atoms. The Morgan fingerprint density at radius 1 is 1.16 bits per heavy atom. The molecular formula is C18H20BrNO4S. The molecule has 0 N–H and O–H groups in total. The maximum atomic E-state index is 13.1. The first-order valence-corrected chi connectivity index (χ1v) is 9.98. The number of sulfonamides is 1. The maximum Gasteiger partial charge on any atom is 0.327 e. The van der Waals surface area contributed by atoms with Crippen LogP contribution in [0.4, 0.5) is 5.69 Å². The summed E-state index contributed by atoms with van der Waals surface area (Å²) in [6, 6.07) is 13.3. The Morgan fingerprint density at radius 2 is 1.80 bits per heavy atom. The van der Waals surface area contributed by atoms with Crippen molar-refractivity contribution in [3.05, 3.63) is 58.6 Å². The number of aryl methyl sites for hydroxylation is 1. The number of carbonyl (C=O) groups is 1. The molecule has 0 heterocycles. The van der Waals surface area contributed by atoms with Crippen LogP contribution >= 0.6 is 15.9 Å². The number of ether oxygens (including phenoxy) is 1. The topological polar surface area (TPSA) is 63.7 Å². The lowest BCUT2D eigenvalue weighted by Gasteiger charge is -2.24. The molecule has 134 valence electrons. The summed E-state index contributed by atoms with van der Waals surface area (Å²) in [7, 11) is -3.91. The van der Waals surface area contributed by atoms with Gasteiger partial charge in [-0.25, -0.2) is 8.42 Å². The van der Waals surface area contributed by atoms with Crippen LogP contribution in [0.15, 0.2) is 57.9 Å². The van der Waals surface area contributed by atoms with Gasteiger partial charge in [-0.05, 0) is 51.1 Å². The summed E-state index contributed by atoms with van der Waals surface area (Å²) in [5.41, 5.74) is 1.34. The van der Waals surface area contributed by atoms with Gasteiger partial charge in [-0.15, -0.1) is 0 Å². The van der Waals surface area contributed by atoms with Crippen molar-refractivity contribution in [3.8, 4) is 0 Å². The molecule has 2 aromatic carbocycles. The molecule has 5 nitrogen and oxygen atoms in total. The Bertz CT molecular complexity index is 848. The molecular weight excluding hydrogens is 406 g/mol. The third kappa shape index (κ3) is 5.06. The van der Waals surface area contributed by atoms with Crippen molar-refractivity contribution >= 4 is 37.6 Å². The highest BCUT2D eigenvalue weighted by Gasteiger charge is 2.28. The molecule has 0 spiro atoms. The number of halogens is 1. The van der Waals surface area contributed by atoms with Gasteiger partial charge in [0.15, 0.2) is 0 Å². The van der Waals surface area contributed by atoms with E-state index in [1.54, 1.807) is 50.2 Å². The van der Waals surface area contributed by atoms with Crippen LogP contribution in [0.5, 0.6) is 0 Å². The number of nitrogens with zero attached hydrogens (tertiary/aromatic N) is 1. The molecule has 7 heteroatoms. The SMILES string of the molecule is Cc1ccc(S(=O)(=O)N(CC(=O)OC(C)C)c2cccc(Br)c2)cc1. The molecule has 0 atom stereocenters. The first kappa shape index (κ1) is 19.5. The second-order valence-corrected chi connectivity index (χ2v) is 8.62. The van der Waals surface area contributed by atoms with Crippen molar-refractivity contribution in [2.45, 2.75) is 31.8 Å². The number of esters is 1. The van der Waals surface area contributed by atoms with E-state index >= 15 is 0 Å². The highest BCUT2D eigenvalue weighted by molar-refractivity contribution is 9.10. The molecule has 0 saturated carbocycles. The number of hydrogen-bond donors (Lipinski definition) is 0. The minimum atomic E-state index is -3.91. The van der Waals surface area contributed by atoms with E-state index in [4.69, 9.17) is 4.74 Å². The number of hydrogen-bond acceptors (Lipinski definition) is 4. The Labute approximate surface area is 156 Å². The lowest BCUT2D eigenvalue weighted by Crippen LogP contribution is -2.37. The Hall–Kier alpha value is -1.86. The minimum absolute atomic E-state index is 0.121. The summed E-state index contributed by atoms with van der Waals surface area (Å²) in [6.07, 6.45) is -0.320. The molecule has 0 saturated heterocycles. The first-order valence-electron chi connectivity index (χ1n) is 7.74. The lowest BCUT2D eigenvalue weighted by molar-refractivity contribution is -0.145. The van der Waals surface area contributed by atoms with Gasteiger partial charge in [0.25, 0.3) is 10.0 Å². The van der Waals surface area contributed by atoms with E-state index in [1.165, 1.54) is 12.1 Å². The van der Waals surface area contributed by atoms with Gasteiger partial charge in [-0.2, -0.15) is 0 Å². The van der Waals surface area contributed by atoms with Crippen LogP contribution in [-0.2, 0) is 19.6 Å². The fourth-order valence-corrected chi connectivity index (χ4v) is 3.99. The zero-order valence-electron chi connectivity index (χ0n) is 14.3. The third-order valence-corrected chi connectivity index (χ3v) is 5.63. The summed E-state index contributed by atoms with van der Waals surface area (Å²) in [5, 5.41) is 0. The highest BCUT2D eigenvalue weighted by Crippen LogP contribution is 2.26. The average molecular weight is 426 g/mol. The van der Waals surface area contributed by atoms with Crippen LogP contribution in [-0.4, -0.2) is 27.0 Å². The molecule has 0 aliphatic heterocycles. The van der Waals surface area contributed by atoms with Crippen molar-refractivity contribution in [2.24, 2.45) is 0 Å². The predicted octanol–water partition coefficient (Wildman–Crippen LogP) is 3.90. The summed E-state index contributed by atoms with van der Waals surface area (Å²) in [6.45, 7) is 4.92. The Balaban J connectivity index is 2.46. The van der Waals surface area contributed by atoms with E-state index < -0.39 is 22.5 Å². The molecule has 0 fully saturated rings. The van der Waals surface area contributed by atoms with Crippen molar-refractivity contribution in [1.29, 1.82) is 0 Å². The molecule has 0 radical (unpaired) electrons. The largest absolute Gasteiger partial charge is 0.462 e. The van der Waals surface area contributed by atoms with Crippen molar-refractivity contribution < 1.29 is 17.9 Å². The number of carbonyl (C=O) groups excluding carboxylic acids is 1. The third-order valence-electron chi connectivity index (χ3n) is 3.35. The molecule has 0 aliphatic rings. The summed E-state index contributed by atoms with van der Waals surface area (Å²) in [5.74, 6) is -0.606. The second kappa shape index (κ2) is 8.01. The molecule has 2 aromatic rings. The fraction of sp³-hybridized carbons (Fsp3) is 0.278. The van der Waals surface area contributed by atoms with Gasteiger partial charge in [-0.1, -0.05) is 39.7 Å². The minimum Gasteiger partial charge on any atom is -0.462 e. The molecule has 2 rings (SSSR count). The van der Waals surface area contributed by atoms with Gasteiger partial charge < -0.3 is 4.74 Å². The van der Waals surface area contributed by atoms with E-state index in [9.17, 15) is 13.2 Å². The number of benzene rings is 2. The molecule has 0 aliphatic carbocycles. The summed E-state index contributed by atoms with van der Waals surface area (Å²) in [4.78, 5) is 12.2. The molecule has 0 unspecified atom stereocenters. The zero-order chi connectivity index (χ0) is 18.6. The van der Waals surface area contributed by atoms with Crippen LogP contribution in [0.25, 0.3) is 0 Å². The van der Waals surface area contributed by atoms with Crippen molar-refractivity contribution in [2.75, 3.05) is 10.8 Å². The lowest BCUT2D eigenvalue weighted by atomic mass is 10.2. The molecule has 0 aromatic heterocycles. The smallest absolute Gasteiger partial charge is 0.327 e. The van der Waals surface area contributed by atoms with Crippen LogP contribution < -0.4 is 4.31 Å². The van der Waals surface area contributed by atoms with E-state index in [2.05, 4.69) is 15.9 Å². The molecule has 0 amide bonds. The predicted molar refractivity (Wildman–Crippen MR) is 101 cm³/mol. The van der Waals surface area contributed by atoms with Crippen LogP contribution in [0.2, 0.25) is 0 Å². The summed E-state index contributed by atoms with van der Waals surface area (Å²) < 4.78 is 33.1. The summed E-state index contributed by atoms with van der Waals surface area (Å²) >= 11 is 3.33. The first-order chi connectivity index (χ1) is 11.7. The number of rotatable bonds is 6. The Morgan fingerprint density at radius 3 is 2.36 bits per heavy atom. The van der Waals surface area contributed by atoms with Gasteiger partial charge in [0.1, 0.15) is 6.54 Å². The van der Waals surface area contributed by atoms with Crippen molar-refractivity contribution in [3.63, 3.8) is 0 Å². The van der Waals surface area contributed by atoms with Gasteiger partial charge in [-0.3, -0.25) is 9.10 Å². The monoisotopic (exact) mass is 425 g/mol. The molecule has 25 heavy (non-hydrogen) atoms. The standard InChI is InChI=1S/C18H20BrNO4S/c1-13(2)24-18(21)12-20(16-6-4-5-15(19)11-16)25(22,23)17-9-7-14(3)8-10-17/h4-11,13H,12H2,1-3H3. The van der Waals surface area contributed by atoms with Crippen molar-refractivity contribution in [1.82, 2.24) is 0 Å². The van der Waals surface area contributed by atoms with Gasteiger partial charge in [0.2, 0.25) is 0 Å². The van der Waals surface area contributed by atoms with Crippen LogP contribution in [0, 0.1) is 6.92 Å². The quantitative estimate of drug-likeness (QED) is 0.658.